The van der Waals surface area contributed by atoms with Crippen LogP contribution in [0, 0.1) is 0 Å². The van der Waals surface area contributed by atoms with Gasteiger partial charge in [0.1, 0.15) is 6.61 Å². The van der Waals surface area contributed by atoms with Crippen molar-refractivity contribution in [2.24, 2.45) is 0 Å². The van der Waals surface area contributed by atoms with E-state index < -0.39 is 18.1 Å². The average Bonchev–Trinajstić information content (AvgIpc) is 3.11. The molecule has 0 aliphatic carbocycles. The fourth-order valence-corrected chi connectivity index (χ4v) is 5.93. The predicted octanol–water partition coefficient (Wildman–Crippen LogP) is 11.2. The van der Waals surface area contributed by atoms with Gasteiger partial charge in [-0.15, -0.1) is 0 Å². The molecule has 0 rings (SSSR count). The molecular formula is C45H80NO7+. The third kappa shape index (κ3) is 34.8. The van der Waals surface area contributed by atoms with E-state index in [0.717, 1.165) is 57.8 Å². The number of likely N-dealkylation sites (N-methyl/N-ethyl adjacent to an activating group) is 1. The summed E-state index contributed by atoms with van der Waals surface area (Å²) >= 11 is 0. The number of unbranched alkanes of at least 4 members (excludes halogenated alkanes) is 15. The van der Waals surface area contributed by atoms with Crippen molar-refractivity contribution in [1.82, 2.24) is 0 Å². The summed E-state index contributed by atoms with van der Waals surface area (Å²) in [6.45, 7) is 4.54. The Labute approximate surface area is 325 Å². The van der Waals surface area contributed by atoms with Gasteiger partial charge in [0.25, 0.3) is 0 Å². The minimum Gasteiger partial charge on any atom is -0.477 e. The molecule has 0 aromatic carbocycles. The topological polar surface area (TPSA) is 99.1 Å². The number of ether oxygens (including phenoxy) is 3. The van der Waals surface area contributed by atoms with Crippen molar-refractivity contribution in [2.45, 2.75) is 180 Å². The fourth-order valence-electron chi connectivity index (χ4n) is 5.93. The molecule has 0 spiro atoms. The van der Waals surface area contributed by atoms with Crippen molar-refractivity contribution in [3.05, 3.63) is 48.6 Å². The summed E-state index contributed by atoms with van der Waals surface area (Å²) in [5, 5.41) is 9.59. The molecule has 2 unspecified atom stereocenters. The van der Waals surface area contributed by atoms with Gasteiger partial charge in [0.2, 0.25) is 0 Å². The molecule has 0 saturated heterocycles. The molecule has 306 valence electrons. The van der Waals surface area contributed by atoms with Gasteiger partial charge in [-0.1, -0.05) is 133 Å². The van der Waals surface area contributed by atoms with Crippen molar-refractivity contribution in [1.29, 1.82) is 0 Å². The van der Waals surface area contributed by atoms with Gasteiger partial charge in [-0.3, -0.25) is 9.59 Å². The third-order valence-electron chi connectivity index (χ3n) is 9.21. The van der Waals surface area contributed by atoms with E-state index in [1.165, 1.54) is 70.6 Å². The lowest BCUT2D eigenvalue weighted by molar-refractivity contribution is -0.887. The summed E-state index contributed by atoms with van der Waals surface area (Å²) < 4.78 is 17.2. The van der Waals surface area contributed by atoms with Crippen LogP contribution >= 0.6 is 0 Å². The number of carboxylic acids is 1. The zero-order chi connectivity index (χ0) is 39.3. The maximum atomic E-state index is 12.6. The number of aliphatic carboxylic acids is 1. The van der Waals surface area contributed by atoms with Crippen molar-refractivity contribution in [2.75, 3.05) is 41.0 Å². The molecule has 53 heavy (non-hydrogen) atoms. The van der Waals surface area contributed by atoms with E-state index in [2.05, 4.69) is 62.5 Å². The van der Waals surface area contributed by atoms with Crippen LogP contribution in [0.25, 0.3) is 0 Å². The van der Waals surface area contributed by atoms with Gasteiger partial charge in [-0.25, -0.2) is 4.79 Å². The van der Waals surface area contributed by atoms with Crippen molar-refractivity contribution < 1.29 is 38.2 Å². The van der Waals surface area contributed by atoms with E-state index >= 15 is 0 Å². The Hall–Kier alpha value is -2.71. The summed E-state index contributed by atoms with van der Waals surface area (Å²) in [5.41, 5.74) is 0. The Morgan fingerprint density at radius 2 is 1.08 bits per heavy atom. The number of rotatable bonds is 37. The Balaban J connectivity index is 4.37. The van der Waals surface area contributed by atoms with Crippen LogP contribution in [-0.2, 0) is 28.6 Å². The summed E-state index contributed by atoms with van der Waals surface area (Å²) in [4.78, 5) is 36.8. The molecule has 0 heterocycles. The number of esters is 2. The van der Waals surface area contributed by atoms with Crippen LogP contribution in [0.3, 0.4) is 0 Å². The number of carbonyl (C=O) groups excluding carboxylic acids is 2. The molecule has 0 saturated carbocycles. The molecule has 1 N–H and O–H groups in total. The number of carboxylic acid groups (broad SMARTS) is 1. The molecule has 0 aliphatic heterocycles. The van der Waals surface area contributed by atoms with Crippen molar-refractivity contribution >= 4 is 17.9 Å². The first-order valence-corrected chi connectivity index (χ1v) is 21.2. The third-order valence-corrected chi connectivity index (χ3v) is 9.21. The highest BCUT2D eigenvalue weighted by atomic mass is 16.6. The second-order valence-electron chi connectivity index (χ2n) is 15.2. The van der Waals surface area contributed by atoms with Crippen LogP contribution in [-0.4, -0.2) is 80.6 Å². The van der Waals surface area contributed by atoms with Crippen LogP contribution in [0.2, 0.25) is 0 Å². The number of allylic oxidation sites excluding steroid dienone is 8. The molecule has 0 aromatic heterocycles. The maximum Gasteiger partial charge on any atom is 0.362 e. The number of hydrogen-bond donors (Lipinski definition) is 1. The lowest BCUT2D eigenvalue weighted by atomic mass is 10.1. The number of quaternary nitrogens is 1. The first-order valence-electron chi connectivity index (χ1n) is 21.2. The monoisotopic (exact) mass is 747 g/mol. The Kier molecular flexibility index (Phi) is 34.4. The Morgan fingerprint density at radius 1 is 0.585 bits per heavy atom. The van der Waals surface area contributed by atoms with E-state index in [1.807, 2.05) is 21.1 Å². The smallest absolute Gasteiger partial charge is 0.362 e. The quantitative estimate of drug-likeness (QED) is 0.0292. The average molecular weight is 747 g/mol. The second kappa shape index (κ2) is 36.3. The standard InChI is InChI=1S/C45H79NO7/c1-6-8-10-12-14-16-18-19-20-21-22-23-24-26-27-29-31-33-35-43(47)52-40-41(39-51-38-37-42(45(49)50)46(3,4)5)53-44(48)36-34-32-30-28-25-17-15-13-11-9-7-2/h9,11,15,17,22-23,28,30,41-42H,6-8,10,12-14,16,18-21,24-27,29,31-40H2,1-5H3/p+1/b11-9+,17-15+,23-22+,30-28+. The summed E-state index contributed by atoms with van der Waals surface area (Å²) in [6, 6.07) is -0.624. The molecule has 0 bridgehead atoms. The van der Waals surface area contributed by atoms with Crippen LogP contribution in [0.1, 0.15) is 168 Å². The molecule has 8 heteroatoms. The van der Waals surface area contributed by atoms with Crippen LogP contribution in [0.15, 0.2) is 48.6 Å². The number of nitrogens with zero attached hydrogens (tertiary/aromatic N) is 1. The zero-order valence-corrected chi connectivity index (χ0v) is 34.7. The lowest BCUT2D eigenvalue weighted by Gasteiger charge is -2.31. The first kappa shape index (κ1) is 50.3. The largest absolute Gasteiger partial charge is 0.477 e. The van der Waals surface area contributed by atoms with E-state index in [1.54, 1.807) is 0 Å². The minimum absolute atomic E-state index is 0.0375. The lowest BCUT2D eigenvalue weighted by Crippen LogP contribution is -2.50. The van der Waals surface area contributed by atoms with E-state index in [9.17, 15) is 19.5 Å². The molecule has 0 fully saturated rings. The highest BCUT2D eigenvalue weighted by Crippen LogP contribution is 2.13. The van der Waals surface area contributed by atoms with Crippen LogP contribution < -0.4 is 0 Å². The Bertz CT molecular complexity index is 1010. The SMILES string of the molecule is CC/C=C/C/C=C/C/C=C/CCCC(=O)OC(COCCC(C(=O)O)[N+](C)(C)C)COC(=O)CCCCCCC/C=C/CCCCCCCCCCC. The van der Waals surface area contributed by atoms with Gasteiger partial charge >= 0.3 is 17.9 Å². The van der Waals surface area contributed by atoms with Crippen molar-refractivity contribution in [3.8, 4) is 0 Å². The summed E-state index contributed by atoms with van der Waals surface area (Å²) in [6.07, 6.45) is 41.7. The van der Waals surface area contributed by atoms with Gasteiger partial charge in [0.15, 0.2) is 12.1 Å². The molecular weight excluding hydrogens is 666 g/mol. The molecule has 0 amide bonds. The van der Waals surface area contributed by atoms with Crippen molar-refractivity contribution in [3.63, 3.8) is 0 Å². The zero-order valence-electron chi connectivity index (χ0n) is 34.7. The molecule has 0 aromatic rings. The predicted molar refractivity (Wildman–Crippen MR) is 220 cm³/mol. The maximum absolute atomic E-state index is 12.6. The van der Waals surface area contributed by atoms with E-state index in [-0.39, 0.29) is 42.7 Å². The minimum atomic E-state index is -0.886. The van der Waals surface area contributed by atoms with Gasteiger partial charge < -0.3 is 23.8 Å². The number of carbonyl (C=O) groups is 3. The normalized spacial score (nSPS) is 13.5. The molecule has 2 atom stereocenters. The second-order valence-corrected chi connectivity index (χ2v) is 15.2. The van der Waals surface area contributed by atoms with Gasteiger partial charge in [0.05, 0.1) is 34.4 Å². The molecule has 0 aliphatic rings. The fraction of sp³-hybridized carbons (Fsp3) is 0.756. The van der Waals surface area contributed by atoms with Gasteiger partial charge in [0, 0.05) is 19.3 Å². The highest BCUT2D eigenvalue weighted by Gasteiger charge is 2.31. The van der Waals surface area contributed by atoms with Crippen LogP contribution in [0.5, 0.6) is 0 Å². The summed E-state index contributed by atoms with van der Waals surface area (Å²) in [7, 11) is 5.50. The Morgan fingerprint density at radius 3 is 1.64 bits per heavy atom. The van der Waals surface area contributed by atoms with E-state index in [4.69, 9.17) is 14.2 Å². The first-order chi connectivity index (χ1) is 25.6. The van der Waals surface area contributed by atoms with Crippen LogP contribution in [0.4, 0.5) is 0 Å². The number of hydrogen-bond acceptors (Lipinski definition) is 6. The van der Waals surface area contributed by atoms with E-state index in [0.29, 0.717) is 19.3 Å². The van der Waals surface area contributed by atoms with Gasteiger partial charge in [-0.2, -0.15) is 0 Å². The molecule has 0 radical (unpaired) electrons. The van der Waals surface area contributed by atoms with Gasteiger partial charge in [-0.05, 0) is 64.2 Å². The summed E-state index contributed by atoms with van der Waals surface area (Å²) in [5.74, 6) is -1.55. The highest BCUT2D eigenvalue weighted by molar-refractivity contribution is 5.72. The molecule has 8 nitrogen and oxygen atoms in total.